The molecule has 4 aromatic rings. The minimum absolute atomic E-state index is 0.0197. The Bertz CT molecular complexity index is 3060. The van der Waals surface area contributed by atoms with Gasteiger partial charge in [0, 0.05) is 25.2 Å². The molecule has 2 N–H and O–H groups in total. The molecule has 11 atom stereocenters. The van der Waals surface area contributed by atoms with E-state index in [1.165, 1.54) is 26.0 Å². The van der Waals surface area contributed by atoms with Gasteiger partial charge in [-0.3, -0.25) is 9.59 Å². The molecular formula is C65H77NO19. The monoisotopic (exact) mass is 1180 g/mol. The molecule has 2 saturated carbocycles. The number of rotatable bonds is 20. The van der Waals surface area contributed by atoms with E-state index in [1.807, 2.05) is 44.2 Å². The van der Waals surface area contributed by atoms with Crippen molar-refractivity contribution < 1.29 is 90.8 Å². The number of hydrogen-bond acceptors (Lipinski definition) is 19. The van der Waals surface area contributed by atoms with E-state index in [4.69, 9.17) is 52.1 Å². The zero-order valence-corrected chi connectivity index (χ0v) is 49.7. The van der Waals surface area contributed by atoms with E-state index in [1.54, 1.807) is 113 Å². The summed E-state index contributed by atoms with van der Waals surface area (Å²) in [5.74, 6) is -5.76. The third-order valence-corrected chi connectivity index (χ3v) is 16.4. The van der Waals surface area contributed by atoms with Crippen LogP contribution >= 0.6 is 0 Å². The van der Waals surface area contributed by atoms with Gasteiger partial charge >= 0.3 is 36.3 Å². The van der Waals surface area contributed by atoms with E-state index in [9.17, 15) is 29.1 Å². The zero-order valence-electron chi connectivity index (χ0n) is 49.7. The second-order valence-corrected chi connectivity index (χ2v) is 24.3. The molecule has 3 aliphatic carbocycles. The van der Waals surface area contributed by atoms with Crippen LogP contribution in [0.15, 0.2) is 132 Å². The Morgan fingerprint density at radius 3 is 1.80 bits per heavy atom. The van der Waals surface area contributed by atoms with Crippen LogP contribution in [-0.4, -0.2) is 120 Å². The van der Waals surface area contributed by atoms with Crippen LogP contribution in [0, 0.1) is 22.7 Å². The van der Waals surface area contributed by atoms with E-state index >= 15 is 9.59 Å². The Labute approximate surface area is 495 Å². The molecule has 20 heteroatoms. The summed E-state index contributed by atoms with van der Waals surface area (Å²) in [4.78, 5) is 103. The highest BCUT2D eigenvalue weighted by Crippen LogP contribution is 2.65. The summed E-state index contributed by atoms with van der Waals surface area (Å²) < 4.78 is 67.4. The van der Waals surface area contributed by atoms with E-state index in [-0.39, 0.29) is 55.3 Å². The number of nitrogens with one attached hydrogen (secondary N) is 1. The van der Waals surface area contributed by atoms with Crippen LogP contribution in [0.1, 0.15) is 116 Å². The van der Waals surface area contributed by atoms with Crippen molar-refractivity contribution in [2.75, 3.05) is 13.4 Å². The Morgan fingerprint density at radius 2 is 1.28 bits per heavy atom. The van der Waals surface area contributed by atoms with Crippen LogP contribution in [0.3, 0.4) is 0 Å². The van der Waals surface area contributed by atoms with Crippen LogP contribution < -0.4 is 5.32 Å². The first-order valence-electron chi connectivity index (χ1n) is 28.5. The van der Waals surface area contributed by atoms with Crippen LogP contribution in [-0.2, 0) is 86.3 Å². The molecule has 1 unspecified atom stereocenters. The Morgan fingerprint density at radius 1 is 0.741 bits per heavy atom. The molecular weight excluding hydrogens is 1100 g/mol. The van der Waals surface area contributed by atoms with Crippen LogP contribution in [0.2, 0.25) is 0 Å². The van der Waals surface area contributed by atoms with Gasteiger partial charge in [-0.05, 0) is 86.9 Å². The molecule has 456 valence electrons. The highest BCUT2D eigenvalue weighted by Gasteiger charge is 2.79. The van der Waals surface area contributed by atoms with Crippen LogP contribution in [0.25, 0.3) is 0 Å². The van der Waals surface area contributed by atoms with Crippen molar-refractivity contribution >= 4 is 42.1 Å². The third-order valence-electron chi connectivity index (χ3n) is 16.4. The maximum atomic E-state index is 16.8. The maximum absolute atomic E-state index is 16.8. The predicted octanol–water partition coefficient (Wildman–Crippen LogP) is 9.85. The first-order valence-corrected chi connectivity index (χ1v) is 28.5. The van der Waals surface area contributed by atoms with Crippen molar-refractivity contribution in [3.8, 4) is 0 Å². The molecule has 85 heavy (non-hydrogen) atoms. The molecule has 0 aromatic heterocycles. The van der Waals surface area contributed by atoms with Gasteiger partial charge in [-0.2, -0.15) is 0 Å². The topological polar surface area (TPSA) is 253 Å². The minimum Gasteiger partial charge on any atom is -0.456 e. The normalized spacial score (nSPS) is 26.5. The number of aliphatic hydroxyl groups is 1. The highest BCUT2D eigenvalue weighted by molar-refractivity contribution is 5.95. The summed E-state index contributed by atoms with van der Waals surface area (Å²) in [6, 6.07) is 33.3. The standard InChI is InChI=1S/C65H77NO19/c1-39(2)31-46(66-58(71)85-61(5,6)7)51(79-38-75-34-42-23-15-11-16-24-42)57(70)80-47-33-65(74)55(83-56(69)45-29-21-14-22-30-45)53-63(10,54(68)52(50(40(47)3)62(65,8)9)82-60(73)77-36-44-27-19-13-20-28-44)48(32-49-64(53,37-78-49)84-41(4)67)81-59(72)76-35-43-25-17-12-18-26-43/h11-30,39,46-49,51-53,55,74H,31-38H2,1-10H3,(H,66,71)/t46-,47-,48-,49+,51?,52+,53-,55-,63+,64-,65+/m0/s1. The summed E-state index contributed by atoms with van der Waals surface area (Å²) in [5, 5.41) is 17.2. The molecule has 1 heterocycles. The third kappa shape index (κ3) is 14.0. The lowest BCUT2D eigenvalue weighted by Crippen LogP contribution is -2.82. The van der Waals surface area contributed by atoms with E-state index < -0.39 is 138 Å². The number of amides is 1. The summed E-state index contributed by atoms with van der Waals surface area (Å²) in [7, 11) is 0. The van der Waals surface area contributed by atoms with E-state index in [2.05, 4.69) is 5.32 Å². The summed E-state index contributed by atoms with van der Waals surface area (Å²) in [5.41, 5.74) is -7.54. The molecule has 1 amide bonds. The van der Waals surface area contributed by atoms with Gasteiger partial charge in [-0.15, -0.1) is 0 Å². The van der Waals surface area contributed by atoms with Gasteiger partial charge in [-0.25, -0.2) is 24.0 Å². The molecule has 8 rings (SSSR count). The Balaban J connectivity index is 1.30. The van der Waals surface area contributed by atoms with Gasteiger partial charge < -0.3 is 62.5 Å². The van der Waals surface area contributed by atoms with Crippen molar-refractivity contribution in [1.82, 2.24) is 5.32 Å². The fourth-order valence-corrected chi connectivity index (χ4v) is 12.4. The van der Waals surface area contributed by atoms with Crippen molar-refractivity contribution in [2.24, 2.45) is 22.7 Å². The van der Waals surface area contributed by atoms with Gasteiger partial charge in [0.15, 0.2) is 23.6 Å². The Hall–Kier alpha value is -7.65. The van der Waals surface area contributed by atoms with E-state index in [0.29, 0.717) is 11.1 Å². The van der Waals surface area contributed by atoms with Gasteiger partial charge in [-0.1, -0.05) is 137 Å². The zero-order chi connectivity index (χ0) is 61.5. The van der Waals surface area contributed by atoms with Gasteiger partial charge in [0.2, 0.25) is 0 Å². The van der Waals surface area contributed by atoms with Crippen molar-refractivity contribution in [1.29, 1.82) is 0 Å². The largest absolute Gasteiger partial charge is 0.509 e. The number of Topliss-reactive ketones (excluding diaryl/α,β-unsaturated/α-hetero) is 1. The SMILES string of the molecule is CC(=O)O[C@@]12CO[C@@H]1C[C@H](OC(=O)OCc1ccccc1)[C@@]1(C)C(=O)[C@H](OC(=O)OCc3ccccc3)C3=C(C)[C@@H](OC(=O)C(OCOCc4ccccc4)[C@H](CC(C)C)NC(=O)OC(C)(C)C)C[C@@](O)([C@@H](OC(=O)c4ccccc4)[C@H]21)C3(C)C. The molecule has 1 aliphatic heterocycles. The molecule has 0 spiro atoms. The fraction of sp³-hybridized carbons (Fsp3) is 0.492. The predicted molar refractivity (Wildman–Crippen MR) is 304 cm³/mol. The lowest BCUT2D eigenvalue weighted by Gasteiger charge is -2.67. The fourth-order valence-electron chi connectivity index (χ4n) is 12.4. The molecule has 1 saturated heterocycles. The maximum Gasteiger partial charge on any atom is 0.509 e. The average molecular weight is 1180 g/mol. The number of ether oxygens (including phenoxy) is 11. The number of benzene rings is 4. The van der Waals surface area contributed by atoms with Crippen LogP contribution in [0.5, 0.6) is 0 Å². The average Bonchev–Trinajstić information content (AvgIpc) is 0.705. The lowest BCUT2D eigenvalue weighted by atomic mass is 9.44. The second-order valence-electron chi connectivity index (χ2n) is 24.3. The first-order chi connectivity index (χ1) is 40.3. The summed E-state index contributed by atoms with van der Waals surface area (Å²) in [6.07, 6.45) is -14.3. The lowest BCUT2D eigenvalue weighted by molar-refractivity contribution is -0.346. The summed E-state index contributed by atoms with van der Waals surface area (Å²) in [6.45, 7) is 14.6. The molecule has 4 aliphatic rings. The first kappa shape index (κ1) is 63.4. The smallest absolute Gasteiger partial charge is 0.456 e. The number of fused-ring (bicyclic) bond motifs is 5. The van der Waals surface area contributed by atoms with Crippen molar-refractivity contribution in [3.63, 3.8) is 0 Å². The van der Waals surface area contributed by atoms with Crippen molar-refractivity contribution in [3.05, 3.63) is 155 Å². The number of carbonyl (C=O) groups excluding carboxylic acids is 7. The Kier molecular flexibility index (Phi) is 19.6. The molecule has 0 radical (unpaired) electrons. The minimum atomic E-state index is -2.55. The van der Waals surface area contributed by atoms with Crippen LogP contribution in [0.4, 0.5) is 14.4 Å². The molecule has 4 aromatic carbocycles. The molecule has 20 nitrogen and oxygen atoms in total. The van der Waals surface area contributed by atoms with E-state index in [0.717, 1.165) is 12.5 Å². The van der Waals surface area contributed by atoms with Gasteiger partial charge in [0.25, 0.3) is 0 Å². The number of alkyl carbamates (subject to hydrolysis) is 1. The number of esters is 3. The van der Waals surface area contributed by atoms with Gasteiger partial charge in [0.1, 0.15) is 55.6 Å². The highest BCUT2D eigenvalue weighted by atomic mass is 16.7. The number of carbonyl (C=O) groups is 7. The van der Waals surface area contributed by atoms with Gasteiger partial charge in [0.05, 0.1) is 36.2 Å². The quantitative estimate of drug-likeness (QED) is 0.0274. The number of ketones is 1. The number of hydrogen-bond donors (Lipinski definition) is 2. The molecule has 3 fully saturated rings. The summed E-state index contributed by atoms with van der Waals surface area (Å²) >= 11 is 0. The van der Waals surface area contributed by atoms with Crippen molar-refractivity contribution in [2.45, 2.75) is 168 Å². The molecule has 2 bridgehead atoms. The second kappa shape index (κ2) is 26.3.